The molecule has 5 rings (SSSR count). The first kappa shape index (κ1) is 21.4. The van der Waals surface area contributed by atoms with Gasteiger partial charge in [0.1, 0.15) is 19.0 Å². The van der Waals surface area contributed by atoms with Crippen molar-refractivity contribution in [2.24, 2.45) is 0 Å². The molecule has 6 nitrogen and oxygen atoms in total. The summed E-state index contributed by atoms with van der Waals surface area (Å²) in [6.07, 6.45) is 3.64. The van der Waals surface area contributed by atoms with Crippen LogP contribution in [0.3, 0.4) is 0 Å². The largest absolute Gasteiger partial charge is 0.493 e. The third kappa shape index (κ3) is 4.40. The first-order chi connectivity index (χ1) is 16.1. The van der Waals surface area contributed by atoms with E-state index in [0.717, 1.165) is 22.4 Å². The topological polar surface area (TPSA) is 61.2 Å². The zero-order chi connectivity index (χ0) is 22.8. The van der Waals surface area contributed by atoms with Gasteiger partial charge in [-0.2, -0.15) is 10.1 Å². The maximum atomic E-state index is 6.25. The number of nitrogens with zero attached hydrogens (tertiary/aromatic N) is 3. The minimum absolute atomic E-state index is 0.180. The fourth-order valence-corrected chi connectivity index (χ4v) is 4.04. The Hall–Kier alpha value is -3.48. The monoisotopic (exact) mass is 478 g/mol. The number of anilines is 1. The Morgan fingerprint density at radius 3 is 2.61 bits per heavy atom. The van der Waals surface area contributed by atoms with Crippen LogP contribution in [0.5, 0.6) is 11.5 Å². The molecule has 0 saturated carbocycles. The molecule has 1 aliphatic heterocycles. The Kier molecular flexibility index (Phi) is 5.94. The number of aromatic nitrogens is 3. The number of benzene rings is 3. The molecular weight excluding hydrogens is 459 g/mol. The van der Waals surface area contributed by atoms with Crippen molar-refractivity contribution in [3.05, 3.63) is 106 Å². The van der Waals surface area contributed by atoms with E-state index in [2.05, 4.69) is 21.5 Å². The lowest BCUT2D eigenvalue weighted by Gasteiger charge is -2.25. The SMILES string of the molecule is COc1cc([C@H]2C=C(c3ccc(Cl)cc3)Nc3ncnn32)ccc1OCc1ccccc1Cl. The number of halogens is 2. The van der Waals surface area contributed by atoms with Gasteiger partial charge in [0.15, 0.2) is 11.5 Å². The Bertz CT molecular complexity index is 1320. The van der Waals surface area contributed by atoms with Crippen LogP contribution in [0.15, 0.2) is 79.1 Å². The molecule has 1 aromatic heterocycles. The minimum atomic E-state index is -0.180. The molecule has 0 amide bonds. The van der Waals surface area contributed by atoms with Gasteiger partial charge in [0, 0.05) is 21.3 Å². The third-order valence-corrected chi connectivity index (χ3v) is 6.05. The molecule has 0 radical (unpaired) electrons. The number of nitrogens with one attached hydrogen (secondary N) is 1. The molecule has 4 aromatic rings. The highest BCUT2D eigenvalue weighted by Gasteiger charge is 2.24. The van der Waals surface area contributed by atoms with E-state index in [1.165, 1.54) is 6.33 Å². The lowest BCUT2D eigenvalue weighted by atomic mass is 10.0. The number of hydrogen-bond donors (Lipinski definition) is 1. The molecule has 0 fully saturated rings. The molecule has 166 valence electrons. The molecule has 1 atom stereocenters. The molecule has 0 aliphatic carbocycles. The second kappa shape index (κ2) is 9.17. The number of hydrogen-bond acceptors (Lipinski definition) is 5. The van der Waals surface area contributed by atoms with Crippen molar-refractivity contribution in [3.63, 3.8) is 0 Å². The van der Waals surface area contributed by atoms with E-state index in [-0.39, 0.29) is 6.04 Å². The first-order valence-electron chi connectivity index (χ1n) is 10.3. The smallest absolute Gasteiger partial charge is 0.226 e. The lowest BCUT2D eigenvalue weighted by molar-refractivity contribution is 0.284. The van der Waals surface area contributed by atoms with Gasteiger partial charge in [0.05, 0.1) is 7.11 Å². The van der Waals surface area contributed by atoms with E-state index in [0.29, 0.717) is 34.1 Å². The van der Waals surface area contributed by atoms with Crippen LogP contribution in [0.1, 0.15) is 22.7 Å². The Balaban J connectivity index is 1.46. The molecular formula is C25H20Cl2N4O2. The molecule has 1 aliphatic rings. The van der Waals surface area contributed by atoms with Crippen LogP contribution < -0.4 is 14.8 Å². The van der Waals surface area contributed by atoms with Crippen LogP contribution in [-0.2, 0) is 6.61 Å². The van der Waals surface area contributed by atoms with E-state index < -0.39 is 0 Å². The lowest BCUT2D eigenvalue weighted by Crippen LogP contribution is -2.20. The fraction of sp³-hybridized carbons (Fsp3) is 0.120. The van der Waals surface area contributed by atoms with E-state index >= 15 is 0 Å². The summed E-state index contributed by atoms with van der Waals surface area (Å²) in [7, 11) is 1.62. The van der Waals surface area contributed by atoms with Gasteiger partial charge in [-0.15, -0.1) is 0 Å². The standard InChI is InChI=1S/C25H20Cl2N4O2/c1-32-24-12-17(8-11-23(24)33-14-18-4-2-3-5-20(18)27)22-13-21(16-6-9-19(26)10-7-16)30-25-28-15-29-31(22)25/h2-13,15,22H,14H2,1H3,(H,28,29,30)/t22-/m1/s1. The molecule has 3 aromatic carbocycles. The minimum Gasteiger partial charge on any atom is -0.493 e. The van der Waals surface area contributed by atoms with Crippen molar-refractivity contribution in [3.8, 4) is 11.5 Å². The highest BCUT2D eigenvalue weighted by molar-refractivity contribution is 6.31. The average molecular weight is 479 g/mol. The van der Waals surface area contributed by atoms with Gasteiger partial charge in [-0.25, -0.2) is 4.68 Å². The number of ether oxygens (including phenoxy) is 2. The predicted octanol–water partition coefficient (Wildman–Crippen LogP) is 6.23. The summed E-state index contributed by atoms with van der Waals surface area (Å²) < 4.78 is 13.5. The fourth-order valence-electron chi connectivity index (χ4n) is 3.73. The highest BCUT2D eigenvalue weighted by atomic mass is 35.5. The molecule has 1 N–H and O–H groups in total. The molecule has 0 spiro atoms. The summed E-state index contributed by atoms with van der Waals surface area (Å²) in [5.74, 6) is 1.92. The van der Waals surface area contributed by atoms with Gasteiger partial charge in [0.25, 0.3) is 0 Å². The predicted molar refractivity (Wildman–Crippen MR) is 130 cm³/mol. The van der Waals surface area contributed by atoms with E-state index in [4.69, 9.17) is 32.7 Å². The van der Waals surface area contributed by atoms with Crippen molar-refractivity contribution < 1.29 is 9.47 Å². The van der Waals surface area contributed by atoms with Gasteiger partial charge in [-0.1, -0.05) is 59.6 Å². The van der Waals surface area contributed by atoms with E-state index in [1.54, 1.807) is 7.11 Å². The first-order valence-corrected chi connectivity index (χ1v) is 11.1. The van der Waals surface area contributed by atoms with E-state index in [9.17, 15) is 0 Å². The highest BCUT2D eigenvalue weighted by Crippen LogP contribution is 2.37. The second-order valence-corrected chi connectivity index (χ2v) is 8.32. The summed E-state index contributed by atoms with van der Waals surface area (Å²) in [4.78, 5) is 4.36. The second-order valence-electron chi connectivity index (χ2n) is 7.48. The summed E-state index contributed by atoms with van der Waals surface area (Å²) in [6.45, 7) is 0.344. The molecule has 2 heterocycles. The Morgan fingerprint density at radius 2 is 1.82 bits per heavy atom. The summed E-state index contributed by atoms with van der Waals surface area (Å²) in [6, 6.07) is 21.0. The van der Waals surface area contributed by atoms with Gasteiger partial charge in [-0.05, 0) is 47.5 Å². The Morgan fingerprint density at radius 1 is 1.00 bits per heavy atom. The number of rotatable bonds is 6. The van der Waals surface area contributed by atoms with Crippen molar-refractivity contribution >= 4 is 34.8 Å². The van der Waals surface area contributed by atoms with Crippen molar-refractivity contribution in [2.45, 2.75) is 12.6 Å². The van der Waals surface area contributed by atoms with Gasteiger partial charge in [0.2, 0.25) is 5.95 Å². The van der Waals surface area contributed by atoms with Crippen LogP contribution in [0, 0.1) is 0 Å². The van der Waals surface area contributed by atoms with Crippen molar-refractivity contribution in [1.82, 2.24) is 14.8 Å². The van der Waals surface area contributed by atoms with Crippen LogP contribution in [0.25, 0.3) is 5.70 Å². The zero-order valence-electron chi connectivity index (χ0n) is 17.7. The zero-order valence-corrected chi connectivity index (χ0v) is 19.2. The maximum Gasteiger partial charge on any atom is 0.226 e. The molecule has 0 bridgehead atoms. The molecule has 33 heavy (non-hydrogen) atoms. The van der Waals surface area contributed by atoms with Crippen LogP contribution in [-0.4, -0.2) is 21.9 Å². The van der Waals surface area contributed by atoms with Crippen LogP contribution in [0.4, 0.5) is 5.95 Å². The molecule has 0 unspecified atom stereocenters. The summed E-state index contributed by atoms with van der Waals surface area (Å²) in [5, 5.41) is 9.10. The maximum absolute atomic E-state index is 6.25. The average Bonchev–Trinajstić information content (AvgIpc) is 3.32. The van der Waals surface area contributed by atoms with Gasteiger partial charge >= 0.3 is 0 Å². The van der Waals surface area contributed by atoms with E-state index in [1.807, 2.05) is 71.4 Å². The molecule has 0 saturated heterocycles. The molecule has 8 heteroatoms. The van der Waals surface area contributed by atoms with Crippen molar-refractivity contribution in [1.29, 1.82) is 0 Å². The third-order valence-electron chi connectivity index (χ3n) is 5.43. The number of allylic oxidation sites excluding steroid dienone is 1. The summed E-state index contributed by atoms with van der Waals surface area (Å²) >= 11 is 12.3. The van der Waals surface area contributed by atoms with Gasteiger partial charge in [-0.3, -0.25) is 0 Å². The number of methoxy groups -OCH3 is 1. The summed E-state index contributed by atoms with van der Waals surface area (Å²) in [5.41, 5.74) is 3.82. The Labute approximate surface area is 201 Å². The van der Waals surface area contributed by atoms with Gasteiger partial charge < -0.3 is 14.8 Å². The normalized spacial score (nSPS) is 14.8. The van der Waals surface area contributed by atoms with Crippen molar-refractivity contribution in [2.75, 3.05) is 12.4 Å². The van der Waals surface area contributed by atoms with Crippen LogP contribution in [0.2, 0.25) is 10.0 Å². The quantitative estimate of drug-likeness (QED) is 0.355. The number of fused-ring (bicyclic) bond motifs is 1. The van der Waals surface area contributed by atoms with Crippen LogP contribution >= 0.6 is 23.2 Å².